The molecule has 1 unspecified atom stereocenters. The Hall–Kier alpha value is -0.500. The molecule has 0 fully saturated rings. The molecule has 84 valence electrons. The second-order valence-electron chi connectivity index (χ2n) is 4.82. The van der Waals surface area contributed by atoms with Crippen molar-refractivity contribution in [3.63, 3.8) is 0 Å². The highest BCUT2D eigenvalue weighted by Crippen LogP contribution is 2.28. The summed E-state index contributed by atoms with van der Waals surface area (Å²) < 4.78 is 0. The van der Waals surface area contributed by atoms with Crippen LogP contribution in [-0.4, -0.2) is 10.7 Å². The van der Waals surface area contributed by atoms with E-state index in [4.69, 9.17) is 0 Å². The van der Waals surface area contributed by atoms with E-state index in [-0.39, 0.29) is 5.41 Å². The number of aromatic nitrogens is 1. The number of hydrogen-bond donors (Lipinski definition) is 0. The van der Waals surface area contributed by atoms with Crippen LogP contribution >= 0.6 is 11.8 Å². The largest absolute Gasteiger partial charge is 0.260 e. The van der Waals surface area contributed by atoms with Crippen LogP contribution in [0.5, 0.6) is 0 Å². The minimum atomic E-state index is 0.201. The molecule has 0 saturated heterocycles. The maximum atomic E-state index is 4.54. The van der Waals surface area contributed by atoms with Crippen molar-refractivity contribution in [2.75, 3.05) is 5.75 Å². The SMILES string of the molecule is CCSC(C)c1ccc(C(C)(C)C)cn1. The van der Waals surface area contributed by atoms with Gasteiger partial charge in [-0.2, -0.15) is 11.8 Å². The van der Waals surface area contributed by atoms with E-state index in [1.165, 1.54) is 11.3 Å². The molecule has 0 amide bonds. The van der Waals surface area contributed by atoms with Gasteiger partial charge >= 0.3 is 0 Å². The summed E-state index contributed by atoms with van der Waals surface area (Å²) in [5.74, 6) is 1.14. The average Bonchev–Trinajstić information content (AvgIpc) is 2.17. The molecule has 2 heteroatoms. The topological polar surface area (TPSA) is 12.9 Å². The molecule has 0 saturated carbocycles. The molecule has 0 aliphatic rings. The van der Waals surface area contributed by atoms with E-state index in [1.807, 2.05) is 18.0 Å². The fraction of sp³-hybridized carbons (Fsp3) is 0.615. The first kappa shape index (κ1) is 12.6. The summed E-state index contributed by atoms with van der Waals surface area (Å²) in [4.78, 5) is 4.54. The summed E-state index contributed by atoms with van der Waals surface area (Å²) in [6.07, 6.45) is 2.02. The van der Waals surface area contributed by atoms with Crippen molar-refractivity contribution in [2.45, 2.75) is 45.3 Å². The fourth-order valence-corrected chi connectivity index (χ4v) is 2.23. The number of nitrogens with zero attached hydrogens (tertiary/aromatic N) is 1. The van der Waals surface area contributed by atoms with E-state index < -0.39 is 0 Å². The summed E-state index contributed by atoms with van der Waals surface area (Å²) in [7, 11) is 0. The fourth-order valence-electron chi connectivity index (χ4n) is 1.42. The van der Waals surface area contributed by atoms with Gasteiger partial charge in [0.1, 0.15) is 0 Å². The summed E-state index contributed by atoms with van der Waals surface area (Å²) in [6, 6.07) is 4.36. The van der Waals surface area contributed by atoms with Gasteiger partial charge in [0, 0.05) is 11.4 Å². The van der Waals surface area contributed by atoms with Crippen molar-refractivity contribution in [3.05, 3.63) is 29.6 Å². The van der Waals surface area contributed by atoms with E-state index in [1.54, 1.807) is 0 Å². The van der Waals surface area contributed by atoms with Crippen LogP contribution in [0.2, 0.25) is 0 Å². The second kappa shape index (κ2) is 5.02. The van der Waals surface area contributed by atoms with Gasteiger partial charge in [-0.25, -0.2) is 0 Å². The molecule has 0 aromatic carbocycles. The smallest absolute Gasteiger partial charge is 0.0530 e. The monoisotopic (exact) mass is 223 g/mol. The average molecular weight is 223 g/mol. The molecule has 0 bridgehead atoms. The minimum Gasteiger partial charge on any atom is -0.260 e. The van der Waals surface area contributed by atoms with Gasteiger partial charge in [0.05, 0.1) is 5.69 Å². The molecule has 1 rings (SSSR count). The molecule has 0 N–H and O–H groups in total. The first-order valence-corrected chi connectivity index (χ1v) is 6.58. The molecule has 1 heterocycles. The summed E-state index contributed by atoms with van der Waals surface area (Å²) in [6.45, 7) is 11.0. The highest BCUT2D eigenvalue weighted by Gasteiger charge is 2.14. The zero-order valence-electron chi connectivity index (χ0n) is 10.4. The molecular formula is C13H21NS. The highest BCUT2D eigenvalue weighted by molar-refractivity contribution is 7.99. The molecule has 0 aliphatic carbocycles. The molecule has 0 aliphatic heterocycles. The van der Waals surface area contributed by atoms with Gasteiger partial charge in [0.25, 0.3) is 0 Å². The van der Waals surface area contributed by atoms with Crippen LogP contribution in [0.4, 0.5) is 0 Å². The predicted octanol–water partition coefficient (Wildman–Crippen LogP) is 4.19. The maximum absolute atomic E-state index is 4.54. The molecule has 1 aromatic rings. The van der Waals surface area contributed by atoms with E-state index >= 15 is 0 Å². The summed E-state index contributed by atoms with van der Waals surface area (Å²) >= 11 is 1.94. The Morgan fingerprint density at radius 3 is 2.40 bits per heavy atom. The molecule has 0 radical (unpaired) electrons. The third kappa shape index (κ3) is 3.53. The molecule has 0 spiro atoms. The van der Waals surface area contributed by atoms with E-state index in [2.05, 4.69) is 51.7 Å². The van der Waals surface area contributed by atoms with E-state index in [0.29, 0.717) is 5.25 Å². The van der Waals surface area contributed by atoms with Crippen molar-refractivity contribution >= 4 is 11.8 Å². The van der Waals surface area contributed by atoms with Crippen molar-refractivity contribution in [1.29, 1.82) is 0 Å². The van der Waals surface area contributed by atoms with Gasteiger partial charge < -0.3 is 0 Å². The molecule has 15 heavy (non-hydrogen) atoms. The lowest BCUT2D eigenvalue weighted by Gasteiger charge is -2.19. The zero-order valence-corrected chi connectivity index (χ0v) is 11.2. The number of pyridine rings is 1. The van der Waals surface area contributed by atoms with Gasteiger partial charge in [0.15, 0.2) is 0 Å². The van der Waals surface area contributed by atoms with Crippen molar-refractivity contribution < 1.29 is 0 Å². The predicted molar refractivity (Wildman–Crippen MR) is 69.5 cm³/mol. The molecule has 1 atom stereocenters. The van der Waals surface area contributed by atoms with Crippen molar-refractivity contribution in [3.8, 4) is 0 Å². The molecule has 1 aromatic heterocycles. The van der Waals surface area contributed by atoms with E-state index in [9.17, 15) is 0 Å². The van der Waals surface area contributed by atoms with Crippen LogP contribution < -0.4 is 0 Å². The number of hydrogen-bond acceptors (Lipinski definition) is 2. The van der Waals surface area contributed by atoms with Gasteiger partial charge in [0.2, 0.25) is 0 Å². The van der Waals surface area contributed by atoms with Crippen LogP contribution in [0.15, 0.2) is 18.3 Å². The first-order chi connectivity index (χ1) is 6.95. The van der Waals surface area contributed by atoms with Crippen molar-refractivity contribution in [2.24, 2.45) is 0 Å². The van der Waals surface area contributed by atoms with Crippen LogP contribution in [0.3, 0.4) is 0 Å². The standard InChI is InChI=1S/C13H21NS/c1-6-15-10(2)12-8-7-11(9-14-12)13(3,4)5/h7-10H,6H2,1-5H3. The van der Waals surface area contributed by atoms with Gasteiger partial charge in [-0.1, -0.05) is 33.8 Å². The lowest BCUT2D eigenvalue weighted by Crippen LogP contribution is -2.11. The number of thioether (sulfide) groups is 1. The van der Waals surface area contributed by atoms with Crippen LogP contribution in [0, 0.1) is 0 Å². The van der Waals surface area contributed by atoms with Gasteiger partial charge in [-0.15, -0.1) is 0 Å². The van der Waals surface area contributed by atoms with Crippen molar-refractivity contribution in [1.82, 2.24) is 4.98 Å². The molecular weight excluding hydrogens is 202 g/mol. The van der Waals surface area contributed by atoms with Crippen LogP contribution in [-0.2, 0) is 5.41 Å². The Balaban J connectivity index is 2.81. The third-order valence-corrected chi connectivity index (χ3v) is 3.56. The Kier molecular flexibility index (Phi) is 4.21. The summed E-state index contributed by atoms with van der Waals surface area (Å²) in [5, 5.41) is 0.504. The lowest BCUT2D eigenvalue weighted by atomic mass is 9.88. The zero-order chi connectivity index (χ0) is 11.5. The second-order valence-corrected chi connectivity index (χ2v) is 6.44. The summed E-state index contributed by atoms with van der Waals surface area (Å²) in [5.41, 5.74) is 2.70. The first-order valence-electron chi connectivity index (χ1n) is 5.53. The Morgan fingerprint density at radius 1 is 1.33 bits per heavy atom. The Morgan fingerprint density at radius 2 is 2.00 bits per heavy atom. The highest BCUT2D eigenvalue weighted by atomic mass is 32.2. The number of rotatable bonds is 3. The van der Waals surface area contributed by atoms with Crippen LogP contribution in [0.1, 0.15) is 51.1 Å². The normalized spacial score (nSPS) is 13.9. The van der Waals surface area contributed by atoms with E-state index in [0.717, 1.165) is 5.75 Å². The van der Waals surface area contributed by atoms with Gasteiger partial charge in [-0.05, 0) is 29.7 Å². The lowest BCUT2D eigenvalue weighted by molar-refractivity contribution is 0.586. The third-order valence-electron chi connectivity index (χ3n) is 2.49. The van der Waals surface area contributed by atoms with Crippen LogP contribution in [0.25, 0.3) is 0 Å². The molecule has 1 nitrogen and oxygen atoms in total. The Labute approximate surface area is 97.7 Å². The minimum absolute atomic E-state index is 0.201. The Bertz CT molecular complexity index is 297. The maximum Gasteiger partial charge on any atom is 0.0530 e. The quantitative estimate of drug-likeness (QED) is 0.762. The van der Waals surface area contributed by atoms with Gasteiger partial charge in [-0.3, -0.25) is 4.98 Å².